The molecule has 0 spiro atoms. The Morgan fingerprint density at radius 1 is 1.47 bits per heavy atom. The number of para-hydroxylation sites is 1. The van der Waals surface area contributed by atoms with E-state index >= 15 is 0 Å². The maximum atomic E-state index is 11.1. The zero-order valence-electron chi connectivity index (χ0n) is 10.6. The minimum atomic E-state index is -0.413. The van der Waals surface area contributed by atoms with E-state index in [4.69, 9.17) is 5.73 Å². The third-order valence-electron chi connectivity index (χ3n) is 2.82. The Labute approximate surface area is 110 Å². The van der Waals surface area contributed by atoms with Gasteiger partial charge in [-0.25, -0.2) is 4.68 Å². The van der Waals surface area contributed by atoms with Gasteiger partial charge in [-0.3, -0.25) is 10.1 Å². The standard InChI is InChI=1S/C12H15N5O2/c1-9-4-2-6-11(17(18)19)12(9)16-8-10(14-15-16)5-3-7-13/h2,4,6,8H,3,5,7,13H2,1H3. The quantitative estimate of drug-likeness (QED) is 0.647. The molecular formula is C12H15N5O2. The number of rotatable bonds is 5. The molecule has 19 heavy (non-hydrogen) atoms. The Kier molecular flexibility index (Phi) is 3.86. The number of hydrogen-bond donors (Lipinski definition) is 1. The molecule has 0 amide bonds. The minimum Gasteiger partial charge on any atom is -0.330 e. The van der Waals surface area contributed by atoms with E-state index in [9.17, 15) is 10.1 Å². The number of benzene rings is 1. The molecule has 0 saturated carbocycles. The van der Waals surface area contributed by atoms with Crippen LogP contribution in [0, 0.1) is 17.0 Å². The van der Waals surface area contributed by atoms with Crippen molar-refractivity contribution in [3.63, 3.8) is 0 Å². The molecule has 7 heteroatoms. The molecule has 1 heterocycles. The fourth-order valence-corrected chi connectivity index (χ4v) is 1.89. The van der Waals surface area contributed by atoms with Crippen molar-refractivity contribution < 1.29 is 4.92 Å². The first-order valence-corrected chi connectivity index (χ1v) is 5.99. The molecule has 0 radical (unpaired) electrons. The van der Waals surface area contributed by atoms with Crippen LogP contribution >= 0.6 is 0 Å². The SMILES string of the molecule is Cc1cccc([N+](=O)[O-])c1-n1cc(CCCN)nn1. The average molecular weight is 261 g/mol. The normalized spacial score (nSPS) is 10.6. The average Bonchev–Trinajstić information content (AvgIpc) is 2.84. The van der Waals surface area contributed by atoms with Crippen molar-refractivity contribution >= 4 is 5.69 Å². The monoisotopic (exact) mass is 261 g/mol. The maximum Gasteiger partial charge on any atom is 0.295 e. The van der Waals surface area contributed by atoms with Crippen LogP contribution in [0.2, 0.25) is 0 Å². The first kappa shape index (κ1) is 13.2. The Morgan fingerprint density at radius 2 is 2.26 bits per heavy atom. The van der Waals surface area contributed by atoms with Crippen molar-refractivity contribution in [1.82, 2.24) is 15.0 Å². The highest BCUT2D eigenvalue weighted by atomic mass is 16.6. The second-order valence-corrected chi connectivity index (χ2v) is 4.25. The van der Waals surface area contributed by atoms with Crippen LogP contribution in [0.4, 0.5) is 5.69 Å². The van der Waals surface area contributed by atoms with Gasteiger partial charge in [-0.05, 0) is 31.9 Å². The second kappa shape index (κ2) is 5.57. The summed E-state index contributed by atoms with van der Waals surface area (Å²) in [5, 5.41) is 19.0. The van der Waals surface area contributed by atoms with Crippen molar-refractivity contribution in [3.05, 3.63) is 45.8 Å². The molecule has 0 aliphatic rings. The summed E-state index contributed by atoms with van der Waals surface area (Å²) in [5.74, 6) is 0. The van der Waals surface area contributed by atoms with Crippen molar-refractivity contribution in [1.29, 1.82) is 0 Å². The van der Waals surface area contributed by atoms with Gasteiger partial charge in [0.2, 0.25) is 0 Å². The second-order valence-electron chi connectivity index (χ2n) is 4.25. The molecule has 2 aromatic rings. The number of aromatic nitrogens is 3. The number of nitrogens with zero attached hydrogens (tertiary/aromatic N) is 4. The molecule has 0 unspecified atom stereocenters. The molecule has 0 bridgehead atoms. The highest BCUT2D eigenvalue weighted by Gasteiger charge is 2.18. The van der Waals surface area contributed by atoms with Gasteiger partial charge in [-0.15, -0.1) is 5.10 Å². The lowest BCUT2D eigenvalue weighted by Gasteiger charge is -2.05. The van der Waals surface area contributed by atoms with Crippen molar-refractivity contribution in [2.45, 2.75) is 19.8 Å². The third-order valence-corrected chi connectivity index (χ3v) is 2.82. The third kappa shape index (κ3) is 2.76. The van der Waals surface area contributed by atoms with E-state index in [0.717, 1.165) is 24.1 Å². The van der Waals surface area contributed by atoms with Gasteiger partial charge in [0, 0.05) is 6.07 Å². The molecular weight excluding hydrogens is 246 g/mol. The topological polar surface area (TPSA) is 99.9 Å². The van der Waals surface area contributed by atoms with Gasteiger partial charge < -0.3 is 5.73 Å². The fourth-order valence-electron chi connectivity index (χ4n) is 1.89. The lowest BCUT2D eigenvalue weighted by molar-refractivity contribution is -0.384. The number of nitro groups is 1. The first-order chi connectivity index (χ1) is 9.13. The molecule has 100 valence electrons. The van der Waals surface area contributed by atoms with Gasteiger partial charge in [0.05, 0.1) is 16.8 Å². The van der Waals surface area contributed by atoms with Gasteiger partial charge in [0.25, 0.3) is 5.69 Å². The zero-order chi connectivity index (χ0) is 13.8. The molecule has 0 aliphatic heterocycles. The summed E-state index contributed by atoms with van der Waals surface area (Å²) in [7, 11) is 0. The van der Waals surface area contributed by atoms with Crippen LogP contribution in [-0.4, -0.2) is 26.5 Å². The summed E-state index contributed by atoms with van der Waals surface area (Å²) in [4.78, 5) is 10.6. The van der Waals surface area contributed by atoms with E-state index in [-0.39, 0.29) is 5.69 Å². The highest BCUT2D eigenvalue weighted by molar-refractivity contribution is 5.56. The molecule has 0 atom stereocenters. The molecule has 7 nitrogen and oxygen atoms in total. The van der Waals surface area contributed by atoms with Gasteiger partial charge in [-0.2, -0.15) is 0 Å². The van der Waals surface area contributed by atoms with Crippen LogP contribution in [0.25, 0.3) is 5.69 Å². The largest absolute Gasteiger partial charge is 0.330 e. The number of nitro benzene ring substituents is 1. The van der Waals surface area contributed by atoms with E-state index in [1.54, 1.807) is 12.3 Å². The van der Waals surface area contributed by atoms with E-state index < -0.39 is 4.92 Å². The molecule has 2 rings (SSSR count). The van der Waals surface area contributed by atoms with Crippen molar-refractivity contribution in [3.8, 4) is 5.69 Å². The summed E-state index contributed by atoms with van der Waals surface area (Å²) < 4.78 is 1.46. The Bertz CT molecular complexity index is 594. The van der Waals surface area contributed by atoms with E-state index in [1.807, 2.05) is 13.0 Å². The Balaban J connectivity index is 2.41. The van der Waals surface area contributed by atoms with Gasteiger partial charge >= 0.3 is 0 Å². The van der Waals surface area contributed by atoms with Crippen molar-refractivity contribution in [2.75, 3.05) is 6.54 Å². The Morgan fingerprint density at radius 3 is 2.95 bits per heavy atom. The molecule has 0 fully saturated rings. The van der Waals surface area contributed by atoms with Crippen LogP contribution in [-0.2, 0) is 6.42 Å². The van der Waals surface area contributed by atoms with Gasteiger partial charge in [0.1, 0.15) is 5.69 Å². The van der Waals surface area contributed by atoms with Gasteiger partial charge in [-0.1, -0.05) is 17.3 Å². The summed E-state index contributed by atoms with van der Waals surface area (Å²) in [6.07, 6.45) is 3.25. The number of nitrogens with two attached hydrogens (primary N) is 1. The summed E-state index contributed by atoms with van der Waals surface area (Å²) in [5.41, 5.74) is 7.48. The minimum absolute atomic E-state index is 0.0234. The van der Waals surface area contributed by atoms with Crippen LogP contribution in [0.1, 0.15) is 17.7 Å². The molecule has 1 aromatic carbocycles. The molecule has 0 aliphatic carbocycles. The van der Waals surface area contributed by atoms with Crippen LogP contribution < -0.4 is 5.73 Å². The summed E-state index contributed by atoms with van der Waals surface area (Å²) in [6, 6.07) is 4.93. The molecule has 2 N–H and O–H groups in total. The van der Waals surface area contributed by atoms with Crippen molar-refractivity contribution in [2.24, 2.45) is 5.73 Å². The fraction of sp³-hybridized carbons (Fsp3) is 0.333. The van der Waals surface area contributed by atoms with Crippen LogP contribution in [0.3, 0.4) is 0 Å². The lowest BCUT2D eigenvalue weighted by atomic mass is 10.1. The predicted molar refractivity (Wildman–Crippen MR) is 70.1 cm³/mol. The van der Waals surface area contributed by atoms with E-state index in [0.29, 0.717) is 12.2 Å². The number of hydrogen-bond acceptors (Lipinski definition) is 5. The lowest BCUT2D eigenvalue weighted by Crippen LogP contribution is -2.03. The van der Waals surface area contributed by atoms with E-state index in [1.165, 1.54) is 10.7 Å². The van der Waals surface area contributed by atoms with Crippen LogP contribution in [0.5, 0.6) is 0 Å². The Hall–Kier alpha value is -2.28. The zero-order valence-corrected chi connectivity index (χ0v) is 10.6. The van der Waals surface area contributed by atoms with Crippen LogP contribution in [0.15, 0.2) is 24.4 Å². The first-order valence-electron chi connectivity index (χ1n) is 5.99. The summed E-state index contributed by atoms with van der Waals surface area (Å²) in [6.45, 7) is 2.39. The maximum absolute atomic E-state index is 11.1. The smallest absolute Gasteiger partial charge is 0.295 e. The number of aryl methyl sites for hydroxylation is 2. The summed E-state index contributed by atoms with van der Waals surface area (Å²) >= 11 is 0. The molecule has 0 saturated heterocycles. The predicted octanol–water partition coefficient (Wildman–Crippen LogP) is 1.38. The van der Waals surface area contributed by atoms with E-state index in [2.05, 4.69) is 10.3 Å². The van der Waals surface area contributed by atoms with Gasteiger partial charge in [0.15, 0.2) is 0 Å². The molecule has 1 aromatic heterocycles. The highest BCUT2D eigenvalue weighted by Crippen LogP contribution is 2.25.